The summed E-state index contributed by atoms with van der Waals surface area (Å²) in [6.45, 7) is 1.98. The number of halogens is 1. The van der Waals surface area contributed by atoms with Gasteiger partial charge in [0.2, 0.25) is 5.91 Å². The minimum absolute atomic E-state index is 0.0257. The summed E-state index contributed by atoms with van der Waals surface area (Å²) < 4.78 is 24.8. The van der Waals surface area contributed by atoms with Crippen LogP contribution in [0.4, 0.5) is 4.39 Å². The standard InChI is InChI=1S/C20H23FN2O3/c1-25-17-8-6-15(7-9-17)12-23-13-18(10-22-11-20(23)24)26-14-16-4-2-3-5-19(16)21/h2-9,18,22H,10-14H2,1H3. The maximum absolute atomic E-state index is 13.7. The van der Waals surface area contributed by atoms with E-state index in [1.165, 1.54) is 6.07 Å². The van der Waals surface area contributed by atoms with E-state index >= 15 is 0 Å². The monoisotopic (exact) mass is 358 g/mol. The van der Waals surface area contributed by atoms with Crippen molar-refractivity contribution in [2.24, 2.45) is 0 Å². The van der Waals surface area contributed by atoms with Crippen LogP contribution in [0.25, 0.3) is 0 Å². The number of carbonyl (C=O) groups is 1. The van der Waals surface area contributed by atoms with Gasteiger partial charge < -0.3 is 19.7 Å². The fraction of sp³-hybridized carbons (Fsp3) is 0.350. The van der Waals surface area contributed by atoms with Gasteiger partial charge in [0.05, 0.1) is 26.4 Å². The summed E-state index contributed by atoms with van der Waals surface area (Å²) in [5.74, 6) is 0.529. The van der Waals surface area contributed by atoms with Crippen LogP contribution in [0.3, 0.4) is 0 Å². The summed E-state index contributed by atoms with van der Waals surface area (Å²) in [6, 6.07) is 14.2. The van der Waals surface area contributed by atoms with Crippen molar-refractivity contribution in [1.82, 2.24) is 10.2 Å². The molecule has 0 saturated carbocycles. The number of methoxy groups -OCH3 is 1. The first-order chi connectivity index (χ1) is 12.7. The largest absolute Gasteiger partial charge is 0.497 e. The zero-order chi connectivity index (χ0) is 18.4. The molecule has 2 aromatic rings. The molecule has 1 aliphatic heterocycles. The van der Waals surface area contributed by atoms with E-state index in [4.69, 9.17) is 9.47 Å². The summed E-state index contributed by atoms with van der Waals surface area (Å²) in [5.41, 5.74) is 1.54. The Bertz CT molecular complexity index is 736. The van der Waals surface area contributed by atoms with Crippen molar-refractivity contribution in [2.75, 3.05) is 26.7 Å². The highest BCUT2D eigenvalue weighted by molar-refractivity contribution is 5.78. The Morgan fingerprint density at radius 1 is 1.19 bits per heavy atom. The molecule has 1 aliphatic rings. The van der Waals surface area contributed by atoms with E-state index in [9.17, 15) is 9.18 Å². The molecular formula is C20H23FN2O3. The highest BCUT2D eigenvalue weighted by Gasteiger charge is 2.24. The van der Waals surface area contributed by atoms with E-state index in [1.54, 1.807) is 30.2 Å². The summed E-state index contributed by atoms with van der Waals surface area (Å²) in [5, 5.41) is 3.10. The van der Waals surface area contributed by atoms with Crippen molar-refractivity contribution in [3.05, 3.63) is 65.5 Å². The summed E-state index contributed by atoms with van der Waals surface area (Å²) in [7, 11) is 1.62. The molecule has 3 rings (SSSR count). The van der Waals surface area contributed by atoms with Crippen LogP contribution >= 0.6 is 0 Å². The lowest BCUT2D eigenvalue weighted by Gasteiger charge is -2.24. The van der Waals surface area contributed by atoms with Crippen LogP contribution in [0.1, 0.15) is 11.1 Å². The van der Waals surface area contributed by atoms with E-state index in [0.717, 1.165) is 11.3 Å². The quantitative estimate of drug-likeness (QED) is 0.861. The molecule has 0 bridgehead atoms. The van der Waals surface area contributed by atoms with E-state index in [-0.39, 0.29) is 31.0 Å². The highest BCUT2D eigenvalue weighted by atomic mass is 19.1. The van der Waals surface area contributed by atoms with Gasteiger partial charge in [0.15, 0.2) is 0 Å². The number of nitrogens with one attached hydrogen (secondary N) is 1. The second-order valence-electron chi connectivity index (χ2n) is 6.28. The van der Waals surface area contributed by atoms with Gasteiger partial charge in [-0.25, -0.2) is 4.39 Å². The molecule has 0 spiro atoms. The van der Waals surface area contributed by atoms with Crippen molar-refractivity contribution < 1.29 is 18.7 Å². The third-order valence-electron chi connectivity index (χ3n) is 4.39. The van der Waals surface area contributed by atoms with Crippen molar-refractivity contribution in [3.8, 4) is 5.75 Å². The maximum atomic E-state index is 13.7. The highest BCUT2D eigenvalue weighted by Crippen LogP contribution is 2.15. The summed E-state index contributed by atoms with van der Waals surface area (Å²) in [6.07, 6.45) is -0.195. The smallest absolute Gasteiger partial charge is 0.236 e. The molecule has 1 fully saturated rings. The number of rotatable bonds is 6. The third kappa shape index (κ3) is 4.80. The first kappa shape index (κ1) is 18.4. The number of hydrogen-bond donors (Lipinski definition) is 1. The van der Waals surface area contributed by atoms with E-state index in [2.05, 4.69) is 5.32 Å². The van der Waals surface area contributed by atoms with Gasteiger partial charge in [-0.05, 0) is 23.8 Å². The van der Waals surface area contributed by atoms with E-state index in [0.29, 0.717) is 25.2 Å². The van der Waals surface area contributed by atoms with Gasteiger partial charge in [0, 0.05) is 25.2 Å². The molecule has 0 aromatic heterocycles. The van der Waals surface area contributed by atoms with Crippen LogP contribution in [0.5, 0.6) is 5.75 Å². The average molecular weight is 358 g/mol. The van der Waals surface area contributed by atoms with Crippen molar-refractivity contribution in [3.63, 3.8) is 0 Å². The van der Waals surface area contributed by atoms with Crippen LogP contribution in [0.15, 0.2) is 48.5 Å². The van der Waals surface area contributed by atoms with Gasteiger partial charge in [-0.1, -0.05) is 30.3 Å². The van der Waals surface area contributed by atoms with Crippen LogP contribution < -0.4 is 10.1 Å². The lowest BCUT2D eigenvalue weighted by atomic mass is 10.2. The first-order valence-corrected chi connectivity index (χ1v) is 8.62. The molecule has 0 radical (unpaired) electrons. The molecule has 26 heavy (non-hydrogen) atoms. The molecule has 1 saturated heterocycles. The minimum Gasteiger partial charge on any atom is -0.497 e. The molecule has 6 heteroatoms. The zero-order valence-corrected chi connectivity index (χ0v) is 14.8. The second kappa shape index (κ2) is 8.78. The van der Waals surface area contributed by atoms with Crippen LogP contribution in [0, 0.1) is 5.82 Å². The number of ether oxygens (including phenoxy) is 2. The SMILES string of the molecule is COc1ccc(CN2CC(OCc3ccccc3F)CNCC2=O)cc1. The molecular weight excluding hydrogens is 335 g/mol. The predicted octanol–water partition coefficient (Wildman–Crippen LogP) is 2.35. The lowest BCUT2D eigenvalue weighted by Crippen LogP contribution is -2.37. The number of benzene rings is 2. The number of carbonyl (C=O) groups excluding carboxylic acids is 1. The van der Waals surface area contributed by atoms with Gasteiger partial charge in [-0.3, -0.25) is 4.79 Å². The second-order valence-corrected chi connectivity index (χ2v) is 6.28. The maximum Gasteiger partial charge on any atom is 0.236 e. The van der Waals surface area contributed by atoms with Crippen molar-refractivity contribution in [1.29, 1.82) is 0 Å². The Morgan fingerprint density at radius 2 is 1.96 bits per heavy atom. The Labute approximate surface area is 152 Å². The average Bonchev–Trinajstić information content (AvgIpc) is 2.83. The fourth-order valence-corrected chi connectivity index (χ4v) is 2.90. The zero-order valence-electron chi connectivity index (χ0n) is 14.8. The molecule has 1 N–H and O–H groups in total. The predicted molar refractivity (Wildman–Crippen MR) is 96.3 cm³/mol. The Hall–Kier alpha value is -2.44. The van der Waals surface area contributed by atoms with Gasteiger partial charge in [0.1, 0.15) is 11.6 Å². The minimum atomic E-state index is -0.278. The number of amides is 1. The van der Waals surface area contributed by atoms with Crippen LogP contribution in [-0.2, 0) is 22.7 Å². The fourth-order valence-electron chi connectivity index (χ4n) is 2.90. The number of nitrogens with zero attached hydrogens (tertiary/aromatic N) is 1. The lowest BCUT2D eigenvalue weighted by molar-refractivity contribution is -0.131. The van der Waals surface area contributed by atoms with Gasteiger partial charge in [-0.2, -0.15) is 0 Å². The number of hydrogen-bond acceptors (Lipinski definition) is 4. The molecule has 138 valence electrons. The Morgan fingerprint density at radius 3 is 2.69 bits per heavy atom. The molecule has 5 nitrogen and oxygen atoms in total. The van der Waals surface area contributed by atoms with Gasteiger partial charge in [0.25, 0.3) is 0 Å². The molecule has 1 heterocycles. The molecule has 1 unspecified atom stereocenters. The van der Waals surface area contributed by atoms with Crippen LogP contribution in [0.2, 0.25) is 0 Å². The Kier molecular flexibility index (Phi) is 6.20. The van der Waals surface area contributed by atoms with E-state index < -0.39 is 0 Å². The first-order valence-electron chi connectivity index (χ1n) is 8.62. The topological polar surface area (TPSA) is 50.8 Å². The molecule has 2 aromatic carbocycles. The molecule has 1 amide bonds. The van der Waals surface area contributed by atoms with Gasteiger partial charge >= 0.3 is 0 Å². The van der Waals surface area contributed by atoms with Crippen molar-refractivity contribution in [2.45, 2.75) is 19.3 Å². The molecule has 0 aliphatic carbocycles. The third-order valence-corrected chi connectivity index (χ3v) is 4.39. The van der Waals surface area contributed by atoms with Gasteiger partial charge in [-0.15, -0.1) is 0 Å². The normalized spacial score (nSPS) is 17.8. The van der Waals surface area contributed by atoms with Crippen molar-refractivity contribution >= 4 is 5.91 Å². The Balaban J connectivity index is 1.61. The van der Waals surface area contributed by atoms with E-state index in [1.807, 2.05) is 24.3 Å². The summed E-state index contributed by atoms with van der Waals surface area (Å²) >= 11 is 0. The summed E-state index contributed by atoms with van der Waals surface area (Å²) in [4.78, 5) is 14.1. The van der Waals surface area contributed by atoms with Crippen LogP contribution in [-0.4, -0.2) is 43.7 Å². The molecule has 1 atom stereocenters.